The van der Waals surface area contributed by atoms with Crippen LogP contribution < -0.4 is 5.73 Å². The minimum Gasteiger partial charge on any atom is -0.506 e. The van der Waals surface area contributed by atoms with E-state index in [0.717, 1.165) is 11.1 Å². The molecule has 0 atom stereocenters. The number of rotatable bonds is 4. The molecule has 0 spiro atoms. The highest BCUT2D eigenvalue weighted by Gasteiger charge is 2.09. The Bertz CT molecular complexity index is 874. The quantitative estimate of drug-likeness (QED) is 0.481. The second kappa shape index (κ2) is 6.83. The van der Waals surface area contributed by atoms with Crippen LogP contribution in [0.1, 0.15) is 11.1 Å². The molecule has 0 saturated carbocycles. The number of azo groups is 1. The van der Waals surface area contributed by atoms with Crippen molar-refractivity contribution in [3.63, 3.8) is 0 Å². The number of nitrogens with zero attached hydrogens (tertiary/aromatic N) is 2. The second-order valence-corrected chi connectivity index (χ2v) is 5.39. The lowest BCUT2D eigenvalue weighted by Crippen LogP contribution is -1.90. The van der Waals surface area contributed by atoms with Crippen LogP contribution in [0.15, 0.2) is 77.0 Å². The summed E-state index contributed by atoms with van der Waals surface area (Å²) in [6.45, 7) is 0. The SMILES string of the molecule is Nc1ccc(Cc2cccc(O)c2N=Nc2ccccc2O)cc1. The fourth-order valence-corrected chi connectivity index (χ4v) is 2.34. The lowest BCUT2D eigenvalue weighted by atomic mass is 10.0. The molecule has 24 heavy (non-hydrogen) atoms. The number of phenols is 2. The number of aromatic hydroxyl groups is 2. The Morgan fingerprint density at radius 2 is 1.46 bits per heavy atom. The highest BCUT2D eigenvalue weighted by Crippen LogP contribution is 2.35. The van der Waals surface area contributed by atoms with Crippen molar-refractivity contribution in [3.05, 3.63) is 77.9 Å². The van der Waals surface area contributed by atoms with Crippen LogP contribution in [0, 0.1) is 0 Å². The van der Waals surface area contributed by atoms with Gasteiger partial charge in [-0.15, -0.1) is 10.2 Å². The lowest BCUT2D eigenvalue weighted by molar-refractivity contribution is 0.473. The van der Waals surface area contributed by atoms with E-state index in [-0.39, 0.29) is 11.5 Å². The largest absolute Gasteiger partial charge is 0.506 e. The fourth-order valence-electron chi connectivity index (χ4n) is 2.34. The van der Waals surface area contributed by atoms with Crippen molar-refractivity contribution in [2.24, 2.45) is 10.2 Å². The van der Waals surface area contributed by atoms with Crippen LogP contribution in [-0.2, 0) is 6.42 Å². The first-order valence-electron chi connectivity index (χ1n) is 7.48. The van der Waals surface area contributed by atoms with Gasteiger partial charge in [0.1, 0.15) is 22.9 Å². The van der Waals surface area contributed by atoms with Crippen molar-refractivity contribution in [3.8, 4) is 11.5 Å². The van der Waals surface area contributed by atoms with Gasteiger partial charge in [0.15, 0.2) is 0 Å². The fraction of sp³-hybridized carbons (Fsp3) is 0.0526. The predicted molar refractivity (Wildman–Crippen MR) is 94.0 cm³/mol. The molecule has 0 aliphatic heterocycles. The number of hydrogen-bond donors (Lipinski definition) is 3. The Morgan fingerprint density at radius 1 is 0.750 bits per heavy atom. The molecule has 0 aliphatic carbocycles. The van der Waals surface area contributed by atoms with E-state index < -0.39 is 0 Å². The van der Waals surface area contributed by atoms with E-state index in [1.54, 1.807) is 30.3 Å². The van der Waals surface area contributed by atoms with Crippen molar-refractivity contribution in [2.45, 2.75) is 6.42 Å². The summed E-state index contributed by atoms with van der Waals surface area (Å²) in [4.78, 5) is 0. The van der Waals surface area contributed by atoms with Gasteiger partial charge in [0.2, 0.25) is 0 Å². The summed E-state index contributed by atoms with van der Waals surface area (Å²) < 4.78 is 0. The molecule has 0 radical (unpaired) electrons. The van der Waals surface area contributed by atoms with Crippen molar-refractivity contribution < 1.29 is 10.2 Å². The van der Waals surface area contributed by atoms with Gasteiger partial charge in [0.05, 0.1) is 0 Å². The van der Waals surface area contributed by atoms with E-state index in [0.29, 0.717) is 23.5 Å². The Kier molecular flexibility index (Phi) is 4.43. The maximum absolute atomic E-state index is 10.1. The number of nitrogen functional groups attached to an aromatic ring is 1. The van der Waals surface area contributed by atoms with Crippen molar-refractivity contribution >= 4 is 17.1 Å². The second-order valence-electron chi connectivity index (χ2n) is 5.39. The average Bonchev–Trinajstić information content (AvgIpc) is 2.58. The first kappa shape index (κ1) is 15.6. The van der Waals surface area contributed by atoms with Gasteiger partial charge in [-0.1, -0.05) is 36.4 Å². The van der Waals surface area contributed by atoms with Crippen LogP contribution in [0.5, 0.6) is 11.5 Å². The Labute approximate surface area is 139 Å². The minimum absolute atomic E-state index is 0.0387. The van der Waals surface area contributed by atoms with E-state index in [4.69, 9.17) is 5.73 Å². The van der Waals surface area contributed by atoms with E-state index in [9.17, 15) is 10.2 Å². The van der Waals surface area contributed by atoms with Crippen LogP contribution in [0.4, 0.5) is 17.1 Å². The lowest BCUT2D eigenvalue weighted by Gasteiger charge is -2.07. The predicted octanol–water partition coefficient (Wildman–Crippen LogP) is 4.69. The number of anilines is 1. The maximum Gasteiger partial charge on any atom is 0.143 e. The van der Waals surface area contributed by atoms with Gasteiger partial charge in [-0.3, -0.25) is 0 Å². The monoisotopic (exact) mass is 319 g/mol. The first-order valence-corrected chi connectivity index (χ1v) is 7.48. The van der Waals surface area contributed by atoms with Crippen LogP contribution in [0.3, 0.4) is 0 Å². The average molecular weight is 319 g/mol. The van der Waals surface area contributed by atoms with Gasteiger partial charge in [0.25, 0.3) is 0 Å². The Balaban J connectivity index is 1.93. The number of hydrogen-bond acceptors (Lipinski definition) is 5. The number of phenolic OH excluding ortho intramolecular Hbond substituents is 2. The third-order valence-corrected chi connectivity index (χ3v) is 3.61. The summed E-state index contributed by atoms with van der Waals surface area (Å²) in [5, 5.41) is 28.1. The summed E-state index contributed by atoms with van der Waals surface area (Å²) >= 11 is 0. The number of benzene rings is 3. The van der Waals surface area contributed by atoms with E-state index in [1.807, 2.05) is 30.3 Å². The highest BCUT2D eigenvalue weighted by molar-refractivity contribution is 5.59. The van der Waals surface area contributed by atoms with Crippen molar-refractivity contribution in [1.82, 2.24) is 0 Å². The molecular formula is C19H17N3O2. The summed E-state index contributed by atoms with van der Waals surface area (Å²) in [5.74, 6) is 0.0823. The van der Waals surface area contributed by atoms with Crippen LogP contribution in [0.2, 0.25) is 0 Å². The van der Waals surface area contributed by atoms with Gasteiger partial charge in [-0.2, -0.15) is 0 Å². The third-order valence-electron chi connectivity index (χ3n) is 3.61. The van der Waals surface area contributed by atoms with Gasteiger partial charge in [-0.25, -0.2) is 0 Å². The molecule has 0 fully saturated rings. The molecule has 3 aromatic rings. The molecule has 0 unspecified atom stereocenters. The molecule has 5 nitrogen and oxygen atoms in total. The van der Waals surface area contributed by atoms with Crippen LogP contribution in [0.25, 0.3) is 0 Å². The van der Waals surface area contributed by atoms with Gasteiger partial charge < -0.3 is 15.9 Å². The smallest absolute Gasteiger partial charge is 0.143 e. The van der Waals surface area contributed by atoms with E-state index in [2.05, 4.69) is 10.2 Å². The number of nitrogens with two attached hydrogens (primary N) is 1. The van der Waals surface area contributed by atoms with Gasteiger partial charge >= 0.3 is 0 Å². The molecule has 0 aromatic heterocycles. The molecule has 0 amide bonds. The number of para-hydroxylation sites is 1. The molecule has 5 heteroatoms. The summed E-state index contributed by atoms with van der Waals surface area (Å²) in [6, 6.07) is 19.4. The maximum atomic E-state index is 10.1. The minimum atomic E-state index is 0.0387. The molecular weight excluding hydrogens is 302 g/mol. The third kappa shape index (κ3) is 3.52. The Hall–Kier alpha value is -3.34. The molecule has 3 rings (SSSR count). The molecule has 0 aliphatic rings. The topological polar surface area (TPSA) is 91.2 Å². The molecule has 120 valence electrons. The zero-order valence-electron chi connectivity index (χ0n) is 12.9. The van der Waals surface area contributed by atoms with Crippen molar-refractivity contribution in [1.29, 1.82) is 0 Å². The standard InChI is InChI=1S/C19H17N3O2/c20-15-10-8-13(9-11-15)12-14-4-3-7-18(24)19(14)22-21-16-5-1-2-6-17(16)23/h1-11,23-24H,12,20H2. The summed E-state index contributed by atoms with van der Waals surface area (Å²) in [7, 11) is 0. The first-order chi connectivity index (χ1) is 11.6. The zero-order chi connectivity index (χ0) is 16.9. The van der Waals surface area contributed by atoms with Gasteiger partial charge in [0, 0.05) is 5.69 Å². The molecule has 0 bridgehead atoms. The molecule has 3 aromatic carbocycles. The van der Waals surface area contributed by atoms with E-state index >= 15 is 0 Å². The van der Waals surface area contributed by atoms with E-state index in [1.165, 1.54) is 6.07 Å². The van der Waals surface area contributed by atoms with Crippen molar-refractivity contribution in [2.75, 3.05) is 5.73 Å². The summed E-state index contributed by atoms with van der Waals surface area (Å²) in [6.07, 6.45) is 0.587. The van der Waals surface area contributed by atoms with Crippen LogP contribution in [-0.4, -0.2) is 10.2 Å². The normalized spacial score (nSPS) is 11.0. The Morgan fingerprint density at radius 3 is 2.21 bits per heavy atom. The van der Waals surface area contributed by atoms with Gasteiger partial charge in [-0.05, 0) is 47.9 Å². The molecule has 0 saturated heterocycles. The summed E-state index contributed by atoms with van der Waals surface area (Å²) in [5.41, 5.74) is 9.02. The molecule has 4 N–H and O–H groups in total. The van der Waals surface area contributed by atoms with Crippen LogP contribution >= 0.6 is 0 Å². The molecule has 0 heterocycles. The zero-order valence-corrected chi connectivity index (χ0v) is 12.9. The highest BCUT2D eigenvalue weighted by atomic mass is 16.3.